The lowest BCUT2D eigenvalue weighted by molar-refractivity contribution is -0.141. The van der Waals surface area contributed by atoms with Crippen molar-refractivity contribution in [2.45, 2.75) is 39.2 Å². The van der Waals surface area contributed by atoms with Gasteiger partial charge in [0.05, 0.1) is 12.9 Å². The molecule has 7 nitrogen and oxygen atoms in total. The summed E-state index contributed by atoms with van der Waals surface area (Å²) in [6.07, 6.45) is 0.620. The van der Waals surface area contributed by atoms with Gasteiger partial charge < -0.3 is 9.84 Å². The van der Waals surface area contributed by atoms with Crippen molar-refractivity contribution in [1.82, 2.24) is 4.72 Å². The molecule has 0 aromatic carbocycles. The molecule has 2 N–H and O–H groups in total. The summed E-state index contributed by atoms with van der Waals surface area (Å²) in [5.74, 6) is -2.31. The number of hydrogen-bond donors (Lipinski definition) is 2. The highest BCUT2D eigenvalue weighted by molar-refractivity contribution is 7.89. The number of esters is 1. The van der Waals surface area contributed by atoms with Crippen LogP contribution in [-0.2, 0) is 24.3 Å². The minimum Gasteiger partial charge on any atom is -0.480 e. The van der Waals surface area contributed by atoms with Gasteiger partial charge in [0.25, 0.3) is 0 Å². The van der Waals surface area contributed by atoms with Crippen molar-refractivity contribution < 1.29 is 27.9 Å². The Bertz CT molecular complexity index is 405. The molecule has 0 aromatic heterocycles. The lowest BCUT2D eigenvalue weighted by atomic mass is 10.0. The summed E-state index contributed by atoms with van der Waals surface area (Å²) in [5.41, 5.74) is 0. The van der Waals surface area contributed by atoms with Crippen LogP contribution in [0.3, 0.4) is 0 Å². The predicted molar refractivity (Wildman–Crippen MR) is 69.1 cm³/mol. The first-order valence-corrected chi connectivity index (χ1v) is 7.68. The number of carboxylic acids is 1. The van der Waals surface area contributed by atoms with E-state index < -0.39 is 28.0 Å². The van der Waals surface area contributed by atoms with E-state index in [0.717, 1.165) is 0 Å². The first-order valence-electron chi connectivity index (χ1n) is 6.03. The fourth-order valence-corrected chi connectivity index (χ4v) is 2.77. The Morgan fingerprint density at radius 2 is 1.95 bits per heavy atom. The molecule has 8 heteroatoms. The summed E-state index contributed by atoms with van der Waals surface area (Å²) in [4.78, 5) is 21.9. The molecule has 0 heterocycles. The highest BCUT2D eigenvalue weighted by Gasteiger charge is 2.28. The number of aliphatic carboxylic acids is 1. The molecule has 0 aliphatic carbocycles. The van der Waals surface area contributed by atoms with E-state index in [0.29, 0.717) is 6.42 Å². The van der Waals surface area contributed by atoms with E-state index in [2.05, 4.69) is 9.46 Å². The average Bonchev–Trinajstić information content (AvgIpc) is 2.34. The van der Waals surface area contributed by atoms with E-state index in [4.69, 9.17) is 5.11 Å². The largest absolute Gasteiger partial charge is 0.480 e. The average molecular weight is 295 g/mol. The smallest absolute Gasteiger partial charge is 0.322 e. The van der Waals surface area contributed by atoms with Crippen LogP contribution in [0.5, 0.6) is 0 Å². The number of methoxy groups -OCH3 is 1. The second-order valence-electron chi connectivity index (χ2n) is 4.32. The van der Waals surface area contributed by atoms with Gasteiger partial charge in [0.1, 0.15) is 6.04 Å². The van der Waals surface area contributed by atoms with Crippen LogP contribution < -0.4 is 4.72 Å². The maximum absolute atomic E-state index is 11.7. The first-order chi connectivity index (χ1) is 8.73. The molecular formula is C11H21NO6S. The fourth-order valence-electron chi connectivity index (χ4n) is 1.41. The molecule has 0 amide bonds. The SMILES string of the molecule is CCC(C)[C@H](NS(=O)(=O)CCCC(=O)OC)C(=O)O. The Labute approximate surface area is 113 Å². The number of carbonyl (C=O) groups is 2. The third kappa shape index (κ3) is 7.12. The van der Waals surface area contributed by atoms with Crippen LogP contribution in [0.15, 0.2) is 0 Å². The molecule has 19 heavy (non-hydrogen) atoms. The number of nitrogens with one attached hydrogen (secondary N) is 1. The Kier molecular flexibility index (Phi) is 7.62. The van der Waals surface area contributed by atoms with Crippen LogP contribution in [0.4, 0.5) is 0 Å². The molecule has 0 aliphatic heterocycles. The van der Waals surface area contributed by atoms with Gasteiger partial charge in [-0.3, -0.25) is 9.59 Å². The highest BCUT2D eigenvalue weighted by Crippen LogP contribution is 2.10. The molecule has 0 radical (unpaired) electrons. The molecule has 0 aliphatic rings. The number of carboxylic acid groups (broad SMARTS) is 1. The zero-order valence-corrected chi connectivity index (χ0v) is 12.2. The lowest BCUT2D eigenvalue weighted by Gasteiger charge is -2.19. The Balaban J connectivity index is 4.48. The molecule has 2 atom stereocenters. The van der Waals surface area contributed by atoms with Crippen molar-refractivity contribution in [2.24, 2.45) is 5.92 Å². The first kappa shape index (κ1) is 17.8. The molecule has 0 saturated heterocycles. The molecule has 112 valence electrons. The van der Waals surface area contributed by atoms with Gasteiger partial charge in [-0.25, -0.2) is 13.1 Å². The molecular weight excluding hydrogens is 274 g/mol. The summed E-state index contributed by atoms with van der Waals surface area (Å²) in [5, 5.41) is 8.99. The number of hydrogen-bond acceptors (Lipinski definition) is 5. The number of rotatable bonds is 9. The monoisotopic (exact) mass is 295 g/mol. The number of ether oxygens (including phenoxy) is 1. The summed E-state index contributed by atoms with van der Waals surface area (Å²) in [6, 6.07) is -1.15. The standard InChI is InChI=1S/C11H21NO6S/c1-4-8(2)10(11(14)15)12-19(16,17)7-5-6-9(13)18-3/h8,10,12H,4-7H2,1-3H3,(H,14,15)/t8?,10-/m0/s1. The van der Waals surface area contributed by atoms with Gasteiger partial charge in [-0.2, -0.15) is 0 Å². The van der Waals surface area contributed by atoms with Gasteiger partial charge in [-0.05, 0) is 12.3 Å². The Morgan fingerprint density at radius 1 is 1.37 bits per heavy atom. The summed E-state index contributed by atoms with van der Waals surface area (Å²) >= 11 is 0. The Morgan fingerprint density at radius 3 is 2.37 bits per heavy atom. The van der Waals surface area contributed by atoms with Crippen molar-refractivity contribution >= 4 is 22.0 Å². The molecule has 0 bridgehead atoms. The predicted octanol–water partition coefficient (Wildman–Crippen LogP) is 0.358. The van der Waals surface area contributed by atoms with Crippen LogP contribution in [0, 0.1) is 5.92 Å². The van der Waals surface area contributed by atoms with Crippen LogP contribution in [0.2, 0.25) is 0 Å². The third-order valence-electron chi connectivity index (χ3n) is 2.81. The van der Waals surface area contributed by atoms with Gasteiger partial charge in [0, 0.05) is 6.42 Å². The van der Waals surface area contributed by atoms with Crippen LogP contribution in [-0.4, -0.2) is 44.4 Å². The van der Waals surface area contributed by atoms with Gasteiger partial charge >= 0.3 is 11.9 Å². The van der Waals surface area contributed by atoms with Crippen molar-refractivity contribution in [2.75, 3.05) is 12.9 Å². The van der Waals surface area contributed by atoms with E-state index in [1.165, 1.54) is 7.11 Å². The van der Waals surface area contributed by atoms with E-state index >= 15 is 0 Å². The molecule has 0 spiro atoms. The third-order valence-corrected chi connectivity index (χ3v) is 4.25. The zero-order chi connectivity index (χ0) is 15.1. The van der Waals surface area contributed by atoms with Crippen LogP contribution in [0.25, 0.3) is 0 Å². The fraction of sp³-hybridized carbons (Fsp3) is 0.818. The second-order valence-corrected chi connectivity index (χ2v) is 6.19. The van der Waals surface area contributed by atoms with Crippen LogP contribution >= 0.6 is 0 Å². The second kappa shape index (κ2) is 8.11. The quantitative estimate of drug-likeness (QED) is 0.594. The van der Waals surface area contributed by atoms with Crippen LogP contribution in [0.1, 0.15) is 33.1 Å². The van der Waals surface area contributed by atoms with E-state index in [-0.39, 0.29) is 24.5 Å². The van der Waals surface area contributed by atoms with E-state index in [1.807, 2.05) is 0 Å². The molecule has 0 saturated carbocycles. The maximum Gasteiger partial charge on any atom is 0.322 e. The Hall–Kier alpha value is -1.15. The zero-order valence-electron chi connectivity index (χ0n) is 11.4. The van der Waals surface area contributed by atoms with E-state index in [9.17, 15) is 18.0 Å². The summed E-state index contributed by atoms with van der Waals surface area (Å²) in [6.45, 7) is 3.45. The highest BCUT2D eigenvalue weighted by atomic mass is 32.2. The lowest BCUT2D eigenvalue weighted by Crippen LogP contribution is -2.45. The molecule has 0 fully saturated rings. The normalized spacial score (nSPS) is 14.7. The number of sulfonamides is 1. The van der Waals surface area contributed by atoms with Crippen molar-refractivity contribution in [3.8, 4) is 0 Å². The van der Waals surface area contributed by atoms with Crippen molar-refractivity contribution in [3.63, 3.8) is 0 Å². The molecule has 0 aromatic rings. The topological polar surface area (TPSA) is 110 Å². The minimum absolute atomic E-state index is 0.0154. The maximum atomic E-state index is 11.7. The minimum atomic E-state index is -3.72. The van der Waals surface area contributed by atoms with Gasteiger partial charge in [0.15, 0.2) is 0 Å². The number of carbonyl (C=O) groups excluding carboxylic acids is 1. The van der Waals surface area contributed by atoms with Gasteiger partial charge in [0.2, 0.25) is 10.0 Å². The van der Waals surface area contributed by atoms with Crippen molar-refractivity contribution in [3.05, 3.63) is 0 Å². The van der Waals surface area contributed by atoms with Crippen molar-refractivity contribution in [1.29, 1.82) is 0 Å². The van der Waals surface area contributed by atoms with E-state index in [1.54, 1.807) is 13.8 Å². The van der Waals surface area contributed by atoms with Gasteiger partial charge in [-0.1, -0.05) is 20.3 Å². The molecule has 1 unspecified atom stereocenters. The molecule has 0 rings (SSSR count). The summed E-state index contributed by atoms with van der Waals surface area (Å²) in [7, 11) is -2.50. The summed E-state index contributed by atoms with van der Waals surface area (Å²) < 4.78 is 30.0. The van der Waals surface area contributed by atoms with Gasteiger partial charge in [-0.15, -0.1) is 0 Å².